The number of halogens is 5. The second-order valence-corrected chi connectivity index (χ2v) is 48.2. The monoisotopic (exact) mass is 2150 g/mol. The van der Waals surface area contributed by atoms with E-state index in [2.05, 4.69) is 60.5 Å². The largest absolute Gasteiger partial charge is 0.490 e. The Bertz CT molecular complexity index is 5290. The molecule has 6 aromatic rings. The molecule has 0 saturated heterocycles. The predicted octanol–water partition coefficient (Wildman–Crippen LogP) is 20.0. The minimum atomic E-state index is -3.84. The number of nitrogens with zero attached hydrogens (tertiary/aromatic N) is 5. The molecule has 5 aromatic carbocycles. The van der Waals surface area contributed by atoms with Gasteiger partial charge in [-0.05, 0) is 295 Å². The van der Waals surface area contributed by atoms with E-state index in [0.29, 0.717) is 129 Å². The zero-order valence-electron chi connectivity index (χ0n) is 83.1. The predicted molar refractivity (Wildman–Crippen MR) is 542 cm³/mol. The van der Waals surface area contributed by atoms with Gasteiger partial charge in [0.1, 0.15) is 33.8 Å². The number of nitrogens with one attached hydrogen (secondary N) is 5. The number of aliphatic hydroxyl groups is 1. The fourth-order valence-corrected chi connectivity index (χ4v) is 18.8. The first-order valence-electron chi connectivity index (χ1n) is 45.7. The second kappa shape index (κ2) is 56.8. The summed E-state index contributed by atoms with van der Waals surface area (Å²) in [5.41, 5.74) is 1.25. The van der Waals surface area contributed by atoms with Crippen molar-refractivity contribution >= 4 is 139 Å². The number of para-hydroxylation sites is 1. The number of alkyl halides is 1. The molecule has 774 valence electrons. The number of aliphatic hydroxyl groups excluding tert-OH is 1. The summed E-state index contributed by atoms with van der Waals surface area (Å²) in [6.45, 7) is 32.5. The third kappa shape index (κ3) is 45.1. The highest BCUT2D eigenvalue weighted by atomic mass is 79.9. The Morgan fingerprint density at radius 3 is 1.09 bits per heavy atom. The number of rotatable bonds is 43. The first kappa shape index (κ1) is 122. The molecule has 0 bridgehead atoms. The molecule has 2 aliphatic carbocycles. The Morgan fingerprint density at radius 2 is 0.761 bits per heavy atom. The molecule has 0 aliphatic heterocycles. The van der Waals surface area contributed by atoms with Gasteiger partial charge in [0.05, 0.1) is 55.1 Å². The second-order valence-electron chi connectivity index (χ2n) is 37.9. The molecule has 8 rings (SSSR count). The standard InChI is InChI=1S/C34H42ClN3O6S.C17H26BrClN2O4S.C17H25ClN2O6S.C17H27ClN2O5S.C11H23NO2/c1-33(2,3)44-32(39)37-18-7-8-20-38(4)45(40,41)26-13-14-30(35)24(21-26)23-42-34(16-17-34)29-22-36-19-15-27(29)28-9-5-6-10-31(28)43-25-11-12-25;1-17(2,3)25-16(22)20-9-5-6-10-21(4)26(23,24)14-7-8-15(19)13(11-14)12-18;1-17(2,3)26-16(23)19-9-5-6-10-20(4)27(24,25)12-7-8-14(18)13(11-12)15(21)22;1-17(2,3)25-16(22)19-9-5-6-10-20(4)26(23,24)14-7-8-15(18)13(11-14)12-21;1-5-6-7-8-9-12-10(13)14-11(2,3)4/h5-6,9-10,13-15,19,21-22,25H,7-8,11-12,16-18,20,23H2,1-4H3,(H,37,39);7-8,11H,5-6,9-10,12H2,1-4H3,(H,20,22);7-8,11H,5-6,9-10H2,1-4H3,(H,19,23)(H,21,22);7-8,11,21H,5-6,9-10,12H2,1-4H3,(H,19,22);5-9H2,1-4H3,(H,12,13). The van der Waals surface area contributed by atoms with Crippen molar-refractivity contribution in [2.24, 2.45) is 0 Å². The van der Waals surface area contributed by atoms with Crippen LogP contribution in [0.25, 0.3) is 11.1 Å². The fourth-order valence-electron chi connectivity index (χ4n) is 12.4. The number of ether oxygens (including phenoxy) is 7. The van der Waals surface area contributed by atoms with E-state index in [-0.39, 0.29) is 62.1 Å². The topological polar surface area (TPSA) is 430 Å². The van der Waals surface area contributed by atoms with Gasteiger partial charge in [0, 0.05) is 131 Å². The molecule has 138 heavy (non-hydrogen) atoms. The molecule has 7 N–H and O–H groups in total. The van der Waals surface area contributed by atoms with Crippen LogP contribution in [-0.2, 0) is 92.7 Å². The van der Waals surface area contributed by atoms with Crippen molar-refractivity contribution in [2.45, 2.75) is 291 Å². The summed E-state index contributed by atoms with van der Waals surface area (Å²) < 4.78 is 146. The van der Waals surface area contributed by atoms with Crippen LogP contribution in [0, 0.1) is 0 Å². The molecule has 2 aliphatic rings. The average Bonchev–Trinajstić information content (AvgIpc) is 1.59. The first-order chi connectivity index (χ1) is 64.1. The lowest BCUT2D eigenvalue weighted by atomic mass is 9.96. The summed E-state index contributed by atoms with van der Waals surface area (Å²) in [6, 6.07) is 27.2. The zero-order valence-corrected chi connectivity index (χ0v) is 90.9. The minimum absolute atomic E-state index is 0.0303. The minimum Gasteiger partial charge on any atom is -0.490 e. The van der Waals surface area contributed by atoms with E-state index in [9.17, 15) is 67.5 Å². The van der Waals surface area contributed by atoms with Crippen molar-refractivity contribution < 1.29 is 106 Å². The number of hydrogen-bond donors (Lipinski definition) is 7. The molecule has 5 amide bonds. The van der Waals surface area contributed by atoms with E-state index in [4.69, 9.17) is 84.7 Å². The van der Waals surface area contributed by atoms with Gasteiger partial charge in [-0.2, -0.15) is 0 Å². The van der Waals surface area contributed by atoms with Crippen LogP contribution >= 0.6 is 62.3 Å². The van der Waals surface area contributed by atoms with Gasteiger partial charge in [-0.3, -0.25) is 4.98 Å². The average molecular weight is 2160 g/mol. The lowest BCUT2D eigenvalue weighted by molar-refractivity contribution is 0.0173. The molecule has 0 spiro atoms. The summed E-state index contributed by atoms with van der Waals surface area (Å²) >= 11 is 27.5. The molecule has 2 fully saturated rings. The number of alkyl carbamates (subject to hydrolysis) is 5. The SMILES string of the molecule is CCCCCCNC(=O)OC(C)(C)C.CN(CCCCNC(=O)OC(C)(C)C)S(=O)(=O)c1ccc(Cl)c(C(=O)O)c1.CN(CCCCNC(=O)OC(C)(C)C)S(=O)(=O)c1ccc(Cl)c(CBr)c1.CN(CCCCNC(=O)OC(C)(C)C)S(=O)(=O)c1ccc(Cl)c(CO)c1.CN(CCCCNC(=O)OC(C)(C)C)S(=O)(=O)c1ccc(Cl)c(COC2(c3cnccc3-c3ccccc3OC3CC3)CC2)c1. The maximum atomic E-state index is 13.4. The molecule has 1 aromatic heterocycles. The molecule has 0 unspecified atom stereocenters. The molecular weight excluding hydrogens is 2010 g/mol. The number of amides is 5. The molecule has 1 heterocycles. The number of carboxylic acids is 1. The highest BCUT2D eigenvalue weighted by Gasteiger charge is 2.48. The third-order valence-electron chi connectivity index (χ3n) is 19.9. The highest BCUT2D eigenvalue weighted by Crippen LogP contribution is 2.54. The van der Waals surface area contributed by atoms with Crippen LogP contribution in [-0.4, -0.2) is 224 Å². The molecule has 33 nitrogen and oxygen atoms in total. The van der Waals surface area contributed by atoms with Gasteiger partial charge in [-0.1, -0.05) is 107 Å². The van der Waals surface area contributed by atoms with Crippen molar-refractivity contribution in [3.05, 3.63) is 163 Å². The number of unbranched alkanes of at least 4 members (excludes halogenated alkanes) is 7. The van der Waals surface area contributed by atoms with Crippen molar-refractivity contribution in [2.75, 3.05) is 87.1 Å². The highest BCUT2D eigenvalue weighted by molar-refractivity contribution is 9.08. The van der Waals surface area contributed by atoms with Crippen LogP contribution in [0.4, 0.5) is 24.0 Å². The van der Waals surface area contributed by atoms with Gasteiger partial charge in [0.25, 0.3) is 0 Å². The van der Waals surface area contributed by atoms with Crippen LogP contribution in [0.3, 0.4) is 0 Å². The van der Waals surface area contributed by atoms with E-state index in [1.807, 2.05) is 51.2 Å². The van der Waals surface area contributed by atoms with Gasteiger partial charge in [-0.25, -0.2) is 79.7 Å². The van der Waals surface area contributed by atoms with Gasteiger partial charge in [0.15, 0.2) is 0 Å². The number of aromatic carboxylic acids is 1. The number of aromatic nitrogens is 1. The Balaban J connectivity index is 0.000000378. The van der Waals surface area contributed by atoms with Gasteiger partial charge in [-0.15, -0.1) is 0 Å². The van der Waals surface area contributed by atoms with E-state index < -0.39 is 104 Å². The quantitative estimate of drug-likeness (QED) is 0.0106. The Kier molecular flexibility index (Phi) is 50.4. The normalized spacial score (nSPS) is 13.3. The Labute approximate surface area is 845 Å². The zero-order chi connectivity index (χ0) is 104. The Morgan fingerprint density at radius 1 is 0.435 bits per heavy atom. The van der Waals surface area contributed by atoms with E-state index in [0.717, 1.165) is 77.0 Å². The summed E-state index contributed by atoms with van der Waals surface area (Å²) in [5.74, 6) is -0.444. The maximum absolute atomic E-state index is 13.4. The van der Waals surface area contributed by atoms with Gasteiger partial charge < -0.3 is 70.0 Å². The van der Waals surface area contributed by atoms with Crippen LogP contribution in [0.1, 0.15) is 246 Å². The fraction of sp³-hybridized carbons (Fsp3) is 0.573. The number of carboxylic acid groups (broad SMARTS) is 1. The van der Waals surface area contributed by atoms with Crippen molar-refractivity contribution in [3.63, 3.8) is 0 Å². The summed E-state index contributed by atoms with van der Waals surface area (Å²) in [5, 5.41) is 33.4. The molecule has 2 saturated carbocycles. The van der Waals surface area contributed by atoms with E-state index in [1.54, 1.807) is 128 Å². The lowest BCUT2D eigenvalue weighted by Crippen LogP contribution is -2.33. The van der Waals surface area contributed by atoms with Crippen LogP contribution < -0.4 is 31.3 Å². The smallest absolute Gasteiger partial charge is 0.407 e. The summed E-state index contributed by atoms with van der Waals surface area (Å²) in [7, 11) is -8.85. The summed E-state index contributed by atoms with van der Waals surface area (Å²) in [4.78, 5) is 73.4. The van der Waals surface area contributed by atoms with Gasteiger partial charge in [0.2, 0.25) is 40.1 Å². The molecule has 0 radical (unpaired) electrons. The number of carbonyl (C=O) groups excluding carboxylic acids is 5. The van der Waals surface area contributed by atoms with Crippen LogP contribution in [0.2, 0.25) is 20.1 Å². The Hall–Kier alpha value is -7.93. The maximum Gasteiger partial charge on any atom is 0.407 e. The number of benzene rings is 5. The summed E-state index contributed by atoms with van der Waals surface area (Å²) in [6.07, 6.45) is 14.7. The number of sulfonamides is 4. The van der Waals surface area contributed by atoms with E-state index in [1.165, 1.54) is 88.7 Å². The molecule has 0 atom stereocenters. The lowest BCUT2D eigenvalue weighted by Gasteiger charge is -2.22. The molecule has 42 heteroatoms. The first-order valence-corrected chi connectivity index (χ1v) is 54.1. The third-order valence-corrected chi connectivity index (χ3v) is 29.3. The molecular formula is C96H143BrCl4N10O23S4. The van der Waals surface area contributed by atoms with Crippen molar-refractivity contribution in [3.8, 4) is 16.9 Å². The van der Waals surface area contributed by atoms with Gasteiger partial charge >= 0.3 is 36.4 Å². The number of pyridine rings is 1. The van der Waals surface area contributed by atoms with Crippen LogP contribution in [0.15, 0.2) is 135 Å². The van der Waals surface area contributed by atoms with E-state index >= 15 is 0 Å². The van der Waals surface area contributed by atoms with Crippen molar-refractivity contribution in [1.29, 1.82) is 0 Å². The van der Waals surface area contributed by atoms with Crippen LogP contribution in [0.5, 0.6) is 5.75 Å². The number of carbonyl (C=O) groups is 6. The number of hydrogen-bond acceptors (Lipinski definition) is 23. The van der Waals surface area contributed by atoms with Crippen molar-refractivity contribution in [1.82, 2.24) is 48.8 Å².